The van der Waals surface area contributed by atoms with E-state index in [4.69, 9.17) is 5.73 Å². The van der Waals surface area contributed by atoms with E-state index in [1.165, 1.54) is 11.1 Å². The Balaban J connectivity index is 2.21. The number of aliphatic imine (C=N–C) groups is 1. The molecule has 1 aromatic rings. The Morgan fingerprint density at radius 2 is 1.93 bits per heavy atom. The lowest BCUT2D eigenvalue weighted by molar-refractivity contribution is 0.739. The molecule has 0 aromatic heterocycles. The third-order valence-electron chi connectivity index (χ3n) is 2.42. The zero-order chi connectivity index (χ0) is 10.1. The van der Waals surface area contributed by atoms with Crippen molar-refractivity contribution in [1.82, 2.24) is 0 Å². The summed E-state index contributed by atoms with van der Waals surface area (Å²) < 4.78 is 0. The second kappa shape index (κ2) is 3.65. The molecule has 0 spiro atoms. The van der Waals surface area contributed by atoms with E-state index in [0.29, 0.717) is 16.5 Å². The zero-order valence-corrected chi connectivity index (χ0v) is 9.21. The molecule has 2 atom stereocenters. The van der Waals surface area contributed by atoms with Crippen LogP contribution >= 0.6 is 11.8 Å². The molecule has 0 bridgehead atoms. The molecule has 74 valence electrons. The van der Waals surface area contributed by atoms with Crippen LogP contribution in [0, 0.1) is 6.92 Å². The molecule has 2 nitrogen and oxygen atoms in total. The van der Waals surface area contributed by atoms with Crippen LogP contribution in [0.1, 0.15) is 23.3 Å². The SMILES string of the molecule is Cc1ccc(C2SC(N)=NC2C)cc1. The molecule has 1 aliphatic heterocycles. The van der Waals surface area contributed by atoms with Gasteiger partial charge in [-0.05, 0) is 19.4 Å². The van der Waals surface area contributed by atoms with E-state index in [1.54, 1.807) is 11.8 Å². The maximum atomic E-state index is 5.70. The van der Waals surface area contributed by atoms with Crippen LogP contribution in [0.5, 0.6) is 0 Å². The van der Waals surface area contributed by atoms with Crippen LogP contribution in [0.25, 0.3) is 0 Å². The van der Waals surface area contributed by atoms with Gasteiger partial charge in [0.2, 0.25) is 0 Å². The summed E-state index contributed by atoms with van der Waals surface area (Å²) in [6, 6.07) is 8.89. The molecule has 2 rings (SSSR count). The Kier molecular flexibility index (Phi) is 2.50. The van der Waals surface area contributed by atoms with E-state index in [-0.39, 0.29) is 0 Å². The van der Waals surface area contributed by atoms with Crippen LogP contribution in [-0.4, -0.2) is 11.2 Å². The zero-order valence-electron chi connectivity index (χ0n) is 8.40. The molecular weight excluding hydrogens is 192 g/mol. The van der Waals surface area contributed by atoms with Gasteiger partial charge in [-0.15, -0.1) is 0 Å². The summed E-state index contributed by atoms with van der Waals surface area (Å²) in [6.07, 6.45) is 0. The largest absolute Gasteiger partial charge is 0.379 e. The average Bonchev–Trinajstić information content (AvgIpc) is 2.47. The van der Waals surface area contributed by atoms with Crippen LogP contribution in [0.4, 0.5) is 0 Å². The topological polar surface area (TPSA) is 38.4 Å². The summed E-state index contributed by atoms with van der Waals surface area (Å²) in [4.78, 5) is 4.33. The minimum Gasteiger partial charge on any atom is -0.379 e. The molecule has 2 unspecified atom stereocenters. The predicted molar refractivity (Wildman–Crippen MR) is 62.6 cm³/mol. The Bertz CT molecular complexity index is 356. The lowest BCUT2D eigenvalue weighted by Gasteiger charge is -2.13. The number of nitrogens with zero attached hydrogens (tertiary/aromatic N) is 1. The van der Waals surface area contributed by atoms with Crippen LogP contribution in [-0.2, 0) is 0 Å². The molecule has 1 heterocycles. The van der Waals surface area contributed by atoms with E-state index in [1.807, 2.05) is 0 Å². The highest BCUT2D eigenvalue weighted by molar-refractivity contribution is 8.14. The smallest absolute Gasteiger partial charge is 0.154 e. The number of nitrogens with two attached hydrogens (primary N) is 1. The minimum absolute atomic E-state index is 0.294. The van der Waals surface area contributed by atoms with E-state index < -0.39 is 0 Å². The molecular formula is C11H14N2S. The van der Waals surface area contributed by atoms with E-state index in [2.05, 4.69) is 43.1 Å². The Morgan fingerprint density at radius 3 is 2.43 bits per heavy atom. The fourth-order valence-electron chi connectivity index (χ4n) is 1.63. The molecule has 0 saturated carbocycles. The first-order chi connectivity index (χ1) is 6.66. The lowest BCUT2D eigenvalue weighted by Crippen LogP contribution is -2.04. The van der Waals surface area contributed by atoms with Gasteiger partial charge in [0.05, 0.1) is 11.3 Å². The Hall–Kier alpha value is -0.960. The van der Waals surface area contributed by atoms with E-state index in [0.717, 1.165) is 0 Å². The van der Waals surface area contributed by atoms with Crippen molar-refractivity contribution in [3.05, 3.63) is 35.4 Å². The van der Waals surface area contributed by atoms with Crippen LogP contribution in [0.3, 0.4) is 0 Å². The number of thioether (sulfide) groups is 1. The maximum absolute atomic E-state index is 5.70. The van der Waals surface area contributed by atoms with Gasteiger partial charge in [-0.25, -0.2) is 0 Å². The highest BCUT2D eigenvalue weighted by Gasteiger charge is 2.26. The van der Waals surface area contributed by atoms with Crippen molar-refractivity contribution in [2.75, 3.05) is 0 Å². The molecule has 0 amide bonds. The Labute approximate surface area is 88.6 Å². The number of hydrogen-bond acceptors (Lipinski definition) is 3. The second-order valence-electron chi connectivity index (χ2n) is 3.66. The highest BCUT2D eigenvalue weighted by Crippen LogP contribution is 2.38. The minimum atomic E-state index is 0.294. The average molecular weight is 206 g/mol. The van der Waals surface area contributed by atoms with Crippen molar-refractivity contribution in [3.63, 3.8) is 0 Å². The molecule has 1 aromatic carbocycles. The molecule has 0 saturated heterocycles. The molecule has 2 N–H and O–H groups in total. The van der Waals surface area contributed by atoms with Gasteiger partial charge in [-0.3, -0.25) is 4.99 Å². The summed E-state index contributed by atoms with van der Waals surface area (Å²) in [6.45, 7) is 4.21. The number of aryl methyl sites for hydroxylation is 1. The quantitative estimate of drug-likeness (QED) is 0.766. The van der Waals surface area contributed by atoms with Crippen molar-refractivity contribution >= 4 is 16.9 Å². The number of benzene rings is 1. The second-order valence-corrected chi connectivity index (χ2v) is 4.82. The van der Waals surface area contributed by atoms with Gasteiger partial charge < -0.3 is 5.73 Å². The number of rotatable bonds is 1. The molecule has 1 aliphatic rings. The van der Waals surface area contributed by atoms with E-state index >= 15 is 0 Å². The van der Waals surface area contributed by atoms with Crippen molar-refractivity contribution < 1.29 is 0 Å². The van der Waals surface area contributed by atoms with Gasteiger partial charge in [0.25, 0.3) is 0 Å². The first-order valence-electron chi connectivity index (χ1n) is 4.73. The highest BCUT2D eigenvalue weighted by atomic mass is 32.2. The monoisotopic (exact) mass is 206 g/mol. The number of hydrogen-bond donors (Lipinski definition) is 1. The van der Waals surface area contributed by atoms with Gasteiger partial charge in [-0.1, -0.05) is 41.6 Å². The van der Waals surface area contributed by atoms with Gasteiger partial charge in [0, 0.05) is 0 Å². The molecule has 0 radical (unpaired) electrons. The molecule has 3 heteroatoms. The summed E-state index contributed by atoms with van der Waals surface area (Å²) in [5.74, 6) is 0. The van der Waals surface area contributed by atoms with Crippen molar-refractivity contribution in [3.8, 4) is 0 Å². The van der Waals surface area contributed by atoms with Crippen molar-refractivity contribution in [1.29, 1.82) is 0 Å². The summed E-state index contributed by atoms with van der Waals surface area (Å²) >= 11 is 1.66. The molecule has 0 aliphatic carbocycles. The molecule has 14 heavy (non-hydrogen) atoms. The van der Waals surface area contributed by atoms with Crippen LogP contribution in [0.2, 0.25) is 0 Å². The first kappa shape index (κ1) is 9.59. The third kappa shape index (κ3) is 1.77. The molecule has 0 fully saturated rings. The Morgan fingerprint density at radius 1 is 1.29 bits per heavy atom. The van der Waals surface area contributed by atoms with Gasteiger partial charge in [0.1, 0.15) is 0 Å². The number of amidine groups is 1. The first-order valence-corrected chi connectivity index (χ1v) is 5.61. The maximum Gasteiger partial charge on any atom is 0.154 e. The van der Waals surface area contributed by atoms with Gasteiger partial charge in [-0.2, -0.15) is 0 Å². The standard InChI is InChI=1S/C11H14N2S/c1-7-3-5-9(6-4-7)10-8(2)13-11(12)14-10/h3-6,8,10H,1-2H3,(H2,12,13). The van der Waals surface area contributed by atoms with Gasteiger partial charge in [0.15, 0.2) is 5.17 Å². The predicted octanol–water partition coefficient (Wildman–Crippen LogP) is 2.49. The third-order valence-corrected chi connectivity index (χ3v) is 3.69. The summed E-state index contributed by atoms with van der Waals surface area (Å²) in [7, 11) is 0. The van der Waals surface area contributed by atoms with Crippen molar-refractivity contribution in [2.45, 2.75) is 25.1 Å². The van der Waals surface area contributed by atoms with Crippen molar-refractivity contribution in [2.24, 2.45) is 10.7 Å². The van der Waals surface area contributed by atoms with Gasteiger partial charge >= 0.3 is 0 Å². The fraction of sp³-hybridized carbons (Fsp3) is 0.364. The summed E-state index contributed by atoms with van der Waals surface area (Å²) in [5, 5.41) is 1.11. The normalized spacial score (nSPS) is 26.3. The summed E-state index contributed by atoms with van der Waals surface area (Å²) in [5.41, 5.74) is 8.30. The van der Waals surface area contributed by atoms with Crippen LogP contribution in [0.15, 0.2) is 29.3 Å². The fourth-order valence-corrected chi connectivity index (χ4v) is 2.67. The van der Waals surface area contributed by atoms with E-state index in [9.17, 15) is 0 Å². The van der Waals surface area contributed by atoms with Crippen LogP contribution < -0.4 is 5.73 Å². The lowest BCUT2D eigenvalue weighted by atomic mass is 10.1.